The second-order valence-electron chi connectivity index (χ2n) is 13.2. The predicted molar refractivity (Wildman–Crippen MR) is 194 cm³/mol. The first kappa shape index (κ1) is 40.8. The summed E-state index contributed by atoms with van der Waals surface area (Å²) in [4.78, 5) is 16.8. The number of piperidine rings is 1. The van der Waals surface area contributed by atoms with Crippen molar-refractivity contribution in [2.45, 2.75) is 83.3 Å². The third kappa shape index (κ3) is 9.85. The lowest BCUT2D eigenvalue weighted by atomic mass is 9.87. The van der Waals surface area contributed by atoms with Crippen molar-refractivity contribution in [3.8, 4) is 5.75 Å². The molecule has 0 radical (unpaired) electrons. The van der Waals surface area contributed by atoms with Crippen LogP contribution in [0.4, 0.5) is 4.39 Å². The summed E-state index contributed by atoms with van der Waals surface area (Å²) in [5, 5.41) is 14.9. The Labute approximate surface area is 298 Å². The average Bonchev–Trinajstić information content (AvgIpc) is 3.62. The highest BCUT2D eigenvalue weighted by atomic mass is 35.5. The second kappa shape index (κ2) is 18.4. The normalized spacial score (nSPS) is 20.7. The number of likely N-dealkylation sites (N-methyl/N-ethyl adjacent to an activating group) is 1. The van der Waals surface area contributed by atoms with Crippen molar-refractivity contribution in [3.05, 3.63) is 82.9 Å². The number of aromatic nitrogens is 2. The molecule has 1 N–H and O–H groups in total. The largest absolute Gasteiger partial charge is 0.497 e. The van der Waals surface area contributed by atoms with E-state index in [1.165, 1.54) is 17.3 Å². The van der Waals surface area contributed by atoms with Crippen molar-refractivity contribution < 1.29 is 19.0 Å². The standard InChI is InChI=1S/C36H49FN4O3.3ClH/c1-6-41-34(21-30(38-41)18-25-10-12-32(44-5)13-11-25)26-14-16-40(17-15-26)23-28-20-31(39(4)35(24(2)3)36(42)43)22-33(28)27-8-7-9-29(37)19-27;;;/h7-13,19,21,24,26,28,31,33,35H,6,14-18,20,22-23H2,1-5H3,(H,42,43);3*1H/t28?,31?,33?,35-;;;/m1.../s1. The Balaban J connectivity index is 0.00000256. The van der Waals surface area contributed by atoms with Crippen LogP contribution >= 0.6 is 37.2 Å². The van der Waals surface area contributed by atoms with Crippen LogP contribution < -0.4 is 4.74 Å². The quantitative estimate of drug-likeness (QED) is 0.208. The van der Waals surface area contributed by atoms with Crippen LogP contribution in [-0.2, 0) is 17.8 Å². The first-order valence-electron chi connectivity index (χ1n) is 16.3. The van der Waals surface area contributed by atoms with Gasteiger partial charge in [0.1, 0.15) is 17.6 Å². The molecular formula is C36H52Cl3FN4O3. The van der Waals surface area contributed by atoms with Crippen molar-refractivity contribution in [1.82, 2.24) is 19.6 Å². The SMILES string of the molecule is CCn1nc(Cc2ccc(OC)cc2)cc1C1CCN(CC2CC(N(C)[C@@H](C(=O)O)C(C)C)CC2c2cccc(F)c2)CC1.Cl.Cl.Cl. The Morgan fingerprint density at radius 3 is 2.32 bits per heavy atom. The van der Waals surface area contributed by atoms with Gasteiger partial charge in [0, 0.05) is 37.2 Å². The molecule has 5 rings (SSSR count). The molecule has 2 fully saturated rings. The Hall–Kier alpha value is -2.36. The van der Waals surface area contributed by atoms with E-state index >= 15 is 0 Å². The van der Waals surface area contributed by atoms with E-state index in [4.69, 9.17) is 9.84 Å². The summed E-state index contributed by atoms with van der Waals surface area (Å²) in [6.45, 7) is 9.96. The summed E-state index contributed by atoms with van der Waals surface area (Å²) in [6, 6.07) is 17.2. The summed E-state index contributed by atoms with van der Waals surface area (Å²) in [7, 11) is 3.64. The first-order valence-corrected chi connectivity index (χ1v) is 16.3. The molecule has 262 valence electrons. The van der Waals surface area contributed by atoms with Gasteiger partial charge in [-0.15, -0.1) is 37.2 Å². The monoisotopic (exact) mass is 712 g/mol. The molecule has 2 aliphatic rings. The van der Waals surface area contributed by atoms with Crippen molar-refractivity contribution in [3.63, 3.8) is 0 Å². The number of halogens is 4. The van der Waals surface area contributed by atoms with E-state index < -0.39 is 12.0 Å². The number of aliphatic carboxylic acids is 1. The maximum Gasteiger partial charge on any atom is 0.321 e. The number of benzene rings is 2. The van der Waals surface area contributed by atoms with Crippen LogP contribution in [0.15, 0.2) is 54.6 Å². The third-order valence-electron chi connectivity index (χ3n) is 10.1. The number of hydrogen-bond acceptors (Lipinski definition) is 5. The number of rotatable bonds is 12. The van der Waals surface area contributed by atoms with Gasteiger partial charge in [-0.3, -0.25) is 14.4 Å². The van der Waals surface area contributed by atoms with Gasteiger partial charge in [0.2, 0.25) is 0 Å². The summed E-state index contributed by atoms with van der Waals surface area (Å²) in [6.07, 6.45) is 4.75. The zero-order valence-corrected chi connectivity index (χ0v) is 30.6. The highest BCUT2D eigenvalue weighted by Gasteiger charge is 2.42. The topological polar surface area (TPSA) is 70.8 Å². The molecular weight excluding hydrogens is 662 g/mol. The average molecular weight is 714 g/mol. The minimum Gasteiger partial charge on any atom is -0.497 e. The van der Waals surface area contributed by atoms with Crippen LogP contribution in [0.3, 0.4) is 0 Å². The Bertz CT molecular complexity index is 1400. The number of carbonyl (C=O) groups is 1. The maximum atomic E-state index is 14.3. The summed E-state index contributed by atoms with van der Waals surface area (Å²) >= 11 is 0. The summed E-state index contributed by atoms with van der Waals surface area (Å²) < 4.78 is 21.8. The Morgan fingerprint density at radius 2 is 1.74 bits per heavy atom. The summed E-state index contributed by atoms with van der Waals surface area (Å²) in [5.41, 5.74) is 4.71. The molecule has 47 heavy (non-hydrogen) atoms. The second-order valence-corrected chi connectivity index (χ2v) is 13.2. The number of likely N-dealkylation sites (tertiary alicyclic amines) is 1. The lowest BCUT2D eigenvalue weighted by Crippen LogP contribution is -2.47. The molecule has 3 aromatic rings. The zero-order valence-electron chi connectivity index (χ0n) is 28.2. The fourth-order valence-corrected chi connectivity index (χ4v) is 7.78. The lowest BCUT2D eigenvalue weighted by molar-refractivity contribution is -0.145. The number of hydrogen-bond donors (Lipinski definition) is 1. The number of nitrogens with zero attached hydrogens (tertiary/aromatic N) is 4. The van der Waals surface area contributed by atoms with Crippen LogP contribution in [0.25, 0.3) is 0 Å². The fourth-order valence-electron chi connectivity index (χ4n) is 7.78. The fraction of sp³-hybridized carbons (Fsp3) is 0.556. The van der Waals surface area contributed by atoms with E-state index in [-0.39, 0.29) is 60.9 Å². The lowest BCUT2D eigenvalue weighted by Gasteiger charge is -2.35. The van der Waals surface area contributed by atoms with E-state index in [2.05, 4.69) is 39.6 Å². The molecule has 4 atom stereocenters. The van der Waals surface area contributed by atoms with Gasteiger partial charge in [-0.2, -0.15) is 5.10 Å². The molecule has 1 aliphatic carbocycles. The molecule has 1 aromatic heterocycles. The molecule has 1 saturated heterocycles. The van der Waals surface area contributed by atoms with Crippen molar-refractivity contribution in [2.75, 3.05) is 33.8 Å². The predicted octanol–water partition coefficient (Wildman–Crippen LogP) is 7.69. The van der Waals surface area contributed by atoms with Crippen LogP contribution in [-0.4, -0.2) is 76.5 Å². The van der Waals surface area contributed by atoms with E-state index in [0.717, 1.165) is 75.3 Å². The minimum absolute atomic E-state index is 0. The number of aryl methyl sites for hydroxylation is 1. The van der Waals surface area contributed by atoms with Gasteiger partial charge in [0.25, 0.3) is 0 Å². The highest BCUT2D eigenvalue weighted by molar-refractivity contribution is 5.86. The molecule has 7 nitrogen and oxygen atoms in total. The molecule has 2 heterocycles. The zero-order chi connectivity index (χ0) is 31.4. The van der Waals surface area contributed by atoms with Gasteiger partial charge in [-0.05, 0) is 112 Å². The van der Waals surface area contributed by atoms with Crippen molar-refractivity contribution in [2.24, 2.45) is 11.8 Å². The van der Waals surface area contributed by atoms with Gasteiger partial charge < -0.3 is 14.7 Å². The smallest absolute Gasteiger partial charge is 0.321 e. The highest BCUT2D eigenvalue weighted by Crippen LogP contribution is 2.43. The Kier molecular flexibility index (Phi) is 16.0. The number of methoxy groups -OCH3 is 1. The van der Waals surface area contributed by atoms with Gasteiger partial charge in [0.05, 0.1) is 12.8 Å². The minimum atomic E-state index is -0.770. The van der Waals surface area contributed by atoms with Crippen LogP contribution in [0.2, 0.25) is 0 Å². The van der Waals surface area contributed by atoms with E-state index in [9.17, 15) is 14.3 Å². The molecule has 3 unspecified atom stereocenters. The van der Waals surface area contributed by atoms with Crippen molar-refractivity contribution >= 4 is 43.2 Å². The molecule has 11 heteroatoms. The van der Waals surface area contributed by atoms with Gasteiger partial charge >= 0.3 is 5.97 Å². The van der Waals surface area contributed by atoms with E-state index in [1.54, 1.807) is 19.2 Å². The molecule has 0 amide bonds. The first-order chi connectivity index (χ1) is 21.2. The molecule has 0 bridgehead atoms. The number of ether oxygens (including phenoxy) is 1. The van der Waals surface area contributed by atoms with Crippen LogP contribution in [0, 0.1) is 17.7 Å². The molecule has 0 spiro atoms. The van der Waals surface area contributed by atoms with Crippen LogP contribution in [0.5, 0.6) is 5.75 Å². The van der Waals surface area contributed by atoms with Gasteiger partial charge in [0.15, 0.2) is 0 Å². The van der Waals surface area contributed by atoms with E-state index in [0.29, 0.717) is 11.8 Å². The van der Waals surface area contributed by atoms with Gasteiger partial charge in [-0.25, -0.2) is 4.39 Å². The number of carboxylic acid groups (broad SMARTS) is 1. The van der Waals surface area contributed by atoms with Crippen molar-refractivity contribution in [1.29, 1.82) is 0 Å². The molecule has 1 aliphatic heterocycles. The summed E-state index contributed by atoms with van der Waals surface area (Å²) in [5.74, 6) is 0.933. The van der Waals surface area contributed by atoms with Crippen LogP contribution in [0.1, 0.15) is 80.8 Å². The van der Waals surface area contributed by atoms with E-state index in [1.807, 2.05) is 39.1 Å². The number of carboxylic acids is 1. The van der Waals surface area contributed by atoms with Gasteiger partial charge in [-0.1, -0.05) is 38.1 Å². The molecule has 2 aromatic carbocycles. The maximum absolute atomic E-state index is 14.3. The third-order valence-corrected chi connectivity index (χ3v) is 10.1. The molecule has 1 saturated carbocycles. The Morgan fingerprint density at radius 1 is 1.06 bits per heavy atom.